The molecule has 31 heavy (non-hydrogen) atoms. The number of benzene rings is 2. The lowest BCUT2D eigenvalue weighted by Gasteiger charge is -2.34. The molecule has 4 rings (SSSR count). The van der Waals surface area contributed by atoms with E-state index in [0.29, 0.717) is 60.1 Å². The van der Waals surface area contributed by atoms with Gasteiger partial charge in [0, 0.05) is 36.7 Å². The summed E-state index contributed by atoms with van der Waals surface area (Å²) in [6.45, 7) is 2.76. The van der Waals surface area contributed by atoms with Crippen molar-refractivity contribution in [3.05, 3.63) is 64.1 Å². The van der Waals surface area contributed by atoms with Crippen LogP contribution in [-0.2, 0) is 4.79 Å². The standard InChI is InChI=1S/C23H25BrN4O3/c24-19-7-3-1-5-17(19)22(30)26-20-8-4-2-6-18(20)23(31)28-13-11-27(12-14-28)15-21(29)25-16-9-10-16/h1-8,16H,9-15H2,(H,25,29)(H,26,30). The molecule has 1 saturated heterocycles. The van der Waals surface area contributed by atoms with Crippen LogP contribution in [0.15, 0.2) is 53.0 Å². The molecule has 1 aliphatic carbocycles. The highest BCUT2D eigenvalue weighted by atomic mass is 79.9. The molecule has 0 aromatic heterocycles. The van der Waals surface area contributed by atoms with E-state index >= 15 is 0 Å². The van der Waals surface area contributed by atoms with Crippen molar-refractivity contribution in [1.82, 2.24) is 15.1 Å². The molecule has 0 bridgehead atoms. The minimum absolute atomic E-state index is 0.0578. The van der Waals surface area contributed by atoms with Gasteiger partial charge in [-0.15, -0.1) is 0 Å². The van der Waals surface area contributed by atoms with Gasteiger partial charge in [-0.25, -0.2) is 0 Å². The third-order valence-electron chi connectivity index (χ3n) is 5.49. The van der Waals surface area contributed by atoms with E-state index in [-0.39, 0.29) is 17.7 Å². The molecule has 3 amide bonds. The fraction of sp³-hybridized carbons (Fsp3) is 0.348. The Morgan fingerprint density at radius 2 is 1.55 bits per heavy atom. The minimum atomic E-state index is -0.279. The van der Waals surface area contributed by atoms with Gasteiger partial charge in [-0.3, -0.25) is 19.3 Å². The molecule has 0 unspecified atom stereocenters. The molecule has 1 heterocycles. The second kappa shape index (κ2) is 9.62. The van der Waals surface area contributed by atoms with Crippen molar-refractivity contribution >= 4 is 39.3 Å². The van der Waals surface area contributed by atoms with Crippen LogP contribution in [0.5, 0.6) is 0 Å². The molecular weight excluding hydrogens is 460 g/mol. The third kappa shape index (κ3) is 5.51. The molecule has 8 heteroatoms. The highest BCUT2D eigenvalue weighted by molar-refractivity contribution is 9.10. The number of carbonyl (C=O) groups is 3. The molecule has 2 aromatic rings. The van der Waals surface area contributed by atoms with Gasteiger partial charge in [0.25, 0.3) is 11.8 Å². The fourth-order valence-corrected chi connectivity index (χ4v) is 4.06. The summed E-state index contributed by atoms with van der Waals surface area (Å²) < 4.78 is 0.693. The van der Waals surface area contributed by atoms with Crippen LogP contribution in [0.3, 0.4) is 0 Å². The van der Waals surface area contributed by atoms with Crippen molar-refractivity contribution in [2.45, 2.75) is 18.9 Å². The number of carbonyl (C=O) groups excluding carboxylic acids is 3. The highest BCUT2D eigenvalue weighted by Gasteiger charge is 2.27. The van der Waals surface area contributed by atoms with E-state index in [9.17, 15) is 14.4 Å². The third-order valence-corrected chi connectivity index (χ3v) is 6.18. The van der Waals surface area contributed by atoms with Gasteiger partial charge in [-0.05, 0) is 53.0 Å². The molecule has 162 valence electrons. The van der Waals surface area contributed by atoms with Crippen molar-refractivity contribution in [3.8, 4) is 0 Å². The number of nitrogens with zero attached hydrogens (tertiary/aromatic N) is 2. The smallest absolute Gasteiger partial charge is 0.256 e. The van der Waals surface area contributed by atoms with Crippen molar-refractivity contribution in [2.75, 3.05) is 38.0 Å². The van der Waals surface area contributed by atoms with Gasteiger partial charge < -0.3 is 15.5 Å². The van der Waals surface area contributed by atoms with E-state index in [1.54, 1.807) is 47.4 Å². The van der Waals surface area contributed by atoms with Crippen LogP contribution in [0.4, 0.5) is 5.69 Å². The number of piperazine rings is 1. The Bertz CT molecular complexity index is 984. The quantitative estimate of drug-likeness (QED) is 0.660. The Morgan fingerprint density at radius 1 is 0.903 bits per heavy atom. The molecule has 2 N–H and O–H groups in total. The lowest BCUT2D eigenvalue weighted by molar-refractivity contribution is -0.122. The van der Waals surface area contributed by atoms with Gasteiger partial charge in [-0.1, -0.05) is 24.3 Å². The first kappa shape index (κ1) is 21.5. The summed E-state index contributed by atoms with van der Waals surface area (Å²) in [5.41, 5.74) is 1.45. The average Bonchev–Trinajstić information content (AvgIpc) is 3.58. The number of hydrogen-bond donors (Lipinski definition) is 2. The minimum Gasteiger partial charge on any atom is -0.352 e. The molecule has 7 nitrogen and oxygen atoms in total. The average molecular weight is 485 g/mol. The highest BCUT2D eigenvalue weighted by Crippen LogP contribution is 2.22. The number of nitrogens with one attached hydrogen (secondary N) is 2. The SMILES string of the molecule is O=C(CN1CCN(C(=O)c2ccccc2NC(=O)c2ccccc2Br)CC1)NC1CC1. The number of para-hydroxylation sites is 1. The van der Waals surface area contributed by atoms with Crippen molar-refractivity contribution in [2.24, 2.45) is 0 Å². The lowest BCUT2D eigenvalue weighted by atomic mass is 10.1. The maximum absolute atomic E-state index is 13.2. The van der Waals surface area contributed by atoms with Crippen molar-refractivity contribution in [1.29, 1.82) is 0 Å². The van der Waals surface area contributed by atoms with E-state index in [2.05, 4.69) is 31.5 Å². The normalized spacial score (nSPS) is 16.6. The van der Waals surface area contributed by atoms with E-state index in [4.69, 9.17) is 0 Å². The van der Waals surface area contributed by atoms with Gasteiger partial charge in [0.15, 0.2) is 0 Å². The van der Waals surface area contributed by atoms with Gasteiger partial charge >= 0.3 is 0 Å². The van der Waals surface area contributed by atoms with Gasteiger partial charge in [0.05, 0.1) is 23.4 Å². The molecule has 0 radical (unpaired) electrons. The Kier molecular flexibility index (Phi) is 6.67. The zero-order valence-corrected chi connectivity index (χ0v) is 18.7. The molecule has 2 aliphatic rings. The maximum atomic E-state index is 13.2. The van der Waals surface area contributed by atoms with E-state index in [0.717, 1.165) is 12.8 Å². The summed E-state index contributed by atoms with van der Waals surface area (Å²) in [5.74, 6) is -0.341. The second-order valence-corrected chi connectivity index (χ2v) is 8.74. The van der Waals surface area contributed by atoms with Gasteiger partial charge in [0.1, 0.15) is 0 Å². The summed E-state index contributed by atoms with van der Waals surface area (Å²) in [7, 11) is 0. The zero-order valence-electron chi connectivity index (χ0n) is 17.1. The van der Waals surface area contributed by atoms with E-state index in [1.807, 2.05) is 6.07 Å². The monoisotopic (exact) mass is 484 g/mol. The Labute approximate surface area is 189 Å². The number of rotatable bonds is 6. The Hall–Kier alpha value is -2.71. The Morgan fingerprint density at radius 3 is 2.23 bits per heavy atom. The second-order valence-electron chi connectivity index (χ2n) is 7.89. The van der Waals surface area contributed by atoms with Gasteiger partial charge in [0.2, 0.25) is 5.91 Å². The predicted octanol–water partition coefficient (Wildman–Crippen LogP) is 2.74. The number of hydrogen-bond acceptors (Lipinski definition) is 4. The first-order valence-corrected chi connectivity index (χ1v) is 11.3. The van der Waals surface area contributed by atoms with Crippen molar-refractivity contribution in [3.63, 3.8) is 0 Å². The summed E-state index contributed by atoms with van der Waals surface area (Å²) in [4.78, 5) is 41.7. The number of anilines is 1. The molecule has 1 aliphatic heterocycles. The molecular formula is C23H25BrN4O3. The fourth-order valence-electron chi connectivity index (χ4n) is 3.60. The summed E-state index contributed by atoms with van der Waals surface area (Å²) in [5, 5.41) is 5.87. The van der Waals surface area contributed by atoms with Crippen LogP contribution in [0.1, 0.15) is 33.6 Å². The topological polar surface area (TPSA) is 81.8 Å². The summed E-state index contributed by atoms with van der Waals surface area (Å²) in [6.07, 6.45) is 2.15. The van der Waals surface area contributed by atoms with Crippen LogP contribution in [-0.4, -0.2) is 66.3 Å². The van der Waals surface area contributed by atoms with Crippen LogP contribution in [0, 0.1) is 0 Å². The zero-order chi connectivity index (χ0) is 21.8. The Balaban J connectivity index is 1.37. The van der Waals surface area contributed by atoms with Crippen LogP contribution in [0.25, 0.3) is 0 Å². The van der Waals surface area contributed by atoms with Crippen molar-refractivity contribution < 1.29 is 14.4 Å². The molecule has 2 fully saturated rings. The van der Waals surface area contributed by atoms with Crippen LogP contribution >= 0.6 is 15.9 Å². The summed E-state index contributed by atoms with van der Waals surface area (Å²) in [6, 6.07) is 14.6. The van der Waals surface area contributed by atoms with Crippen LogP contribution < -0.4 is 10.6 Å². The maximum Gasteiger partial charge on any atom is 0.256 e. The number of amides is 3. The van der Waals surface area contributed by atoms with Crippen LogP contribution in [0.2, 0.25) is 0 Å². The summed E-state index contributed by atoms with van der Waals surface area (Å²) >= 11 is 3.39. The van der Waals surface area contributed by atoms with E-state index < -0.39 is 0 Å². The first-order chi connectivity index (χ1) is 15.0. The predicted molar refractivity (Wildman–Crippen MR) is 122 cm³/mol. The first-order valence-electron chi connectivity index (χ1n) is 10.5. The molecule has 1 saturated carbocycles. The largest absolute Gasteiger partial charge is 0.352 e. The number of halogens is 1. The van der Waals surface area contributed by atoms with E-state index in [1.165, 1.54) is 0 Å². The molecule has 0 atom stereocenters. The van der Waals surface area contributed by atoms with Gasteiger partial charge in [-0.2, -0.15) is 0 Å². The lowest BCUT2D eigenvalue weighted by Crippen LogP contribution is -2.51. The molecule has 0 spiro atoms. The molecule has 2 aromatic carbocycles.